The summed E-state index contributed by atoms with van der Waals surface area (Å²) in [6.45, 7) is 10.3. The average molecular weight is 727 g/mol. The Labute approximate surface area is 303 Å². The SMILES string of the molecule is CCCCOP(=O)(OCCCC)O[C@@H]1OC(COCc2ccccc2)[C@H](OCc2ccccc2)[C@H](OCc2ccccc2)C1OC(=O)C(C)(C)C. The van der Waals surface area contributed by atoms with Crippen molar-refractivity contribution in [2.75, 3.05) is 19.8 Å². The molecule has 3 aromatic rings. The minimum absolute atomic E-state index is 0.0665. The van der Waals surface area contributed by atoms with Gasteiger partial charge in [-0.05, 0) is 50.3 Å². The molecule has 0 N–H and O–H groups in total. The van der Waals surface area contributed by atoms with Gasteiger partial charge in [-0.25, -0.2) is 4.57 Å². The Morgan fingerprint density at radius 2 is 1.16 bits per heavy atom. The van der Waals surface area contributed by atoms with Crippen molar-refractivity contribution in [1.29, 1.82) is 0 Å². The van der Waals surface area contributed by atoms with Crippen molar-refractivity contribution in [1.82, 2.24) is 0 Å². The number of phosphoric ester groups is 1. The second kappa shape index (κ2) is 20.9. The molecule has 1 heterocycles. The predicted octanol–water partition coefficient (Wildman–Crippen LogP) is 8.81. The Morgan fingerprint density at radius 3 is 1.63 bits per heavy atom. The Bertz CT molecular complexity index is 1440. The third kappa shape index (κ3) is 13.5. The lowest BCUT2D eigenvalue weighted by molar-refractivity contribution is -0.307. The maximum Gasteiger partial charge on any atom is 0.477 e. The van der Waals surface area contributed by atoms with E-state index in [1.165, 1.54) is 0 Å². The molecule has 51 heavy (non-hydrogen) atoms. The van der Waals surface area contributed by atoms with Crippen molar-refractivity contribution in [2.45, 2.75) is 111 Å². The Balaban J connectivity index is 1.73. The predicted molar refractivity (Wildman–Crippen MR) is 195 cm³/mol. The molecule has 1 saturated heterocycles. The quantitative estimate of drug-likeness (QED) is 0.0600. The van der Waals surface area contributed by atoms with Crippen molar-refractivity contribution in [2.24, 2.45) is 5.41 Å². The fraction of sp³-hybridized carbons (Fsp3) is 0.525. The van der Waals surface area contributed by atoms with Crippen molar-refractivity contribution in [3.8, 4) is 0 Å². The number of benzene rings is 3. The Hall–Kier alpha value is -2.92. The first-order valence-corrected chi connectivity index (χ1v) is 19.4. The summed E-state index contributed by atoms with van der Waals surface area (Å²) in [6.07, 6.45) is -2.24. The molecule has 10 nitrogen and oxygen atoms in total. The maximum absolute atomic E-state index is 14.3. The van der Waals surface area contributed by atoms with Gasteiger partial charge in [0, 0.05) is 0 Å². The molecule has 11 heteroatoms. The molecule has 0 aliphatic carbocycles. The molecule has 4 rings (SSSR count). The second-order valence-corrected chi connectivity index (χ2v) is 15.2. The van der Waals surface area contributed by atoms with E-state index >= 15 is 0 Å². The third-order valence-electron chi connectivity index (χ3n) is 8.14. The van der Waals surface area contributed by atoms with E-state index in [4.69, 9.17) is 37.3 Å². The highest BCUT2D eigenvalue weighted by Gasteiger charge is 2.53. The molecule has 0 amide bonds. The van der Waals surface area contributed by atoms with Crippen LogP contribution in [0.3, 0.4) is 0 Å². The summed E-state index contributed by atoms with van der Waals surface area (Å²) in [5.74, 6) is -0.521. The fourth-order valence-corrected chi connectivity index (χ4v) is 6.51. The third-order valence-corrected chi connectivity index (χ3v) is 9.60. The van der Waals surface area contributed by atoms with E-state index in [2.05, 4.69) is 0 Å². The number of unbranched alkanes of at least 4 members (excludes halogenated alkanes) is 2. The van der Waals surface area contributed by atoms with E-state index in [9.17, 15) is 9.36 Å². The van der Waals surface area contributed by atoms with Gasteiger partial charge < -0.3 is 23.7 Å². The number of esters is 1. The first kappa shape index (κ1) is 40.8. The fourth-order valence-electron chi connectivity index (χ4n) is 5.18. The van der Waals surface area contributed by atoms with Crippen LogP contribution in [-0.4, -0.2) is 56.5 Å². The van der Waals surface area contributed by atoms with Crippen LogP contribution in [-0.2, 0) is 66.4 Å². The van der Waals surface area contributed by atoms with Gasteiger partial charge in [-0.2, -0.15) is 0 Å². The maximum atomic E-state index is 14.3. The average Bonchev–Trinajstić information content (AvgIpc) is 3.12. The summed E-state index contributed by atoms with van der Waals surface area (Å²) in [7, 11) is -4.21. The van der Waals surface area contributed by atoms with Crippen LogP contribution in [0.4, 0.5) is 0 Å². The lowest BCUT2D eigenvalue weighted by Gasteiger charge is -2.46. The number of carbonyl (C=O) groups excluding carboxylic acids is 1. The van der Waals surface area contributed by atoms with Crippen LogP contribution >= 0.6 is 7.82 Å². The summed E-state index contributed by atoms with van der Waals surface area (Å²) >= 11 is 0. The summed E-state index contributed by atoms with van der Waals surface area (Å²) < 4.78 is 64.3. The van der Waals surface area contributed by atoms with Gasteiger partial charge in [0.1, 0.15) is 18.3 Å². The molecule has 0 bridgehead atoms. The van der Waals surface area contributed by atoms with E-state index in [1.54, 1.807) is 20.8 Å². The Kier molecular flexibility index (Phi) is 16.8. The molecule has 0 aromatic heterocycles. The molecule has 0 spiro atoms. The molecule has 1 aliphatic rings. The number of hydrogen-bond acceptors (Lipinski definition) is 10. The van der Waals surface area contributed by atoms with E-state index in [0.717, 1.165) is 29.5 Å². The molecule has 280 valence electrons. The summed E-state index contributed by atoms with van der Waals surface area (Å²) in [4.78, 5) is 13.6. The monoisotopic (exact) mass is 726 g/mol. The molecule has 5 atom stereocenters. The zero-order valence-electron chi connectivity index (χ0n) is 30.6. The van der Waals surface area contributed by atoms with Gasteiger partial charge >= 0.3 is 13.8 Å². The summed E-state index contributed by atoms with van der Waals surface area (Å²) in [5.41, 5.74) is 1.93. The van der Waals surface area contributed by atoms with Gasteiger partial charge in [0.2, 0.25) is 6.29 Å². The topological polar surface area (TPSA) is 108 Å². The molecule has 2 unspecified atom stereocenters. The first-order chi connectivity index (χ1) is 24.6. The van der Waals surface area contributed by atoms with Gasteiger partial charge in [-0.3, -0.25) is 18.4 Å². The second-order valence-electron chi connectivity index (χ2n) is 13.6. The number of phosphoric acid groups is 1. The minimum Gasteiger partial charge on any atom is -0.454 e. The number of ether oxygens (including phenoxy) is 5. The largest absolute Gasteiger partial charge is 0.477 e. The van der Waals surface area contributed by atoms with Gasteiger partial charge in [0.25, 0.3) is 0 Å². The molecule has 0 saturated carbocycles. The highest BCUT2D eigenvalue weighted by Crippen LogP contribution is 2.53. The lowest BCUT2D eigenvalue weighted by atomic mass is 9.95. The van der Waals surface area contributed by atoms with Crippen LogP contribution in [0.1, 0.15) is 77.0 Å². The summed E-state index contributed by atoms with van der Waals surface area (Å²) in [5, 5.41) is 0. The van der Waals surface area contributed by atoms with Crippen molar-refractivity contribution < 1.29 is 46.6 Å². The molecule has 1 aliphatic heterocycles. The van der Waals surface area contributed by atoms with Crippen molar-refractivity contribution in [3.05, 3.63) is 108 Å². The first-order valence-electron chi connectivity index (χ1n) is 18.0. The van der Waals surface area contributed by atoms with E-state index in [0.29, 0.717) is 19.4 Å². The van der Waals surface area contributed by atoms with Gasteiger partial charge in [0.15, 0.2) is 6.10 Å². The zero-order chi connectivity index (χ0) is 36.5. The van der Waals surface area contributed by atoms with Crippen LogP contribution in [0, 0.1) is 5.41 Å². The molecule has 3 aromatic carbocycles. The highest BCUT2D eigenvalue weighted by atomic mass is 31.2. The van der Waals surface area contributed by atoms with Gasteiger partial charge in [-0.1, -0.05) is 118 Å². The van der Waals surface area contributed by atoms with Gasteiger partial charge in [0.05, 0.1) is 45.1 Å². The molecular weight excluding hydrogens is 671 g/mol. The van der Waals surface area contributed by atoms with Crippen LogP contribution in [0.2, 0.25) is 0 Å². The zero-order valence-corrected chi connectivity index (χ0v) is 31.5. The lowest BCUT2D eigenvalue weighted by Crippen LogP contribution is -2.62. The van der Waals surface area contributed by atoms with E-state index in [1.807, 2.05) is 105 Å². The van der Waals surface area contributed by atoms with Gasteiger partial charge in [-0.15, -0.1) is 0 Å². The van der Waals surface area contributed by atoms with Crippen LogP contribution in [0.25, 0.3) is 0 Å². The molecule has 1 fully saturated rings. The number of hydrogen-bond donors (Lipinski definition) is 0. The summed E-state index contributed by atoms with van der Waals surface area (Å²) in [6, 6.07) is 29.2. The van der Waals surface area contributed by atoms with E-state index in [-0.39, 0.29) is 33.0 Å². The normalized spacial score (nSPS) is 21.0. The smallest absolute Gasteiger partial charge is 0.454 e. The van der Waals surface area contributed by atoms with E-state index < -0.39 is 49.9 Å². The van der Waals surface area contributed by atoms with Crippen molar-refractivity contribution >= 4 is 13.8 Å². The van der Waals surface area contributed by atoms with Crippen LogP contribution in [0.5, 0.6) is 0 Å². The van der Waals surface area contributed by atoms with Crippen LogP contribution < -0.4 is 0 Å². The standard InChI is InChI=1S/C40H55O10P/c1-6-8-25-46-51(42,47-26-9-7-2)50-38-37(49-39(41)40(3,4)5)36(45-29-33-23-17-12-18-24-33)35(44-28-32-21-15-11-16-22-32)34(48-38)30-43-27-31-19-13-10-14-20-31/h10-24,34-38H,6-9,25-30H2,1-5H3/t34?,35-,36-,37?,38-/m0/s1. The van der Waals surface area contributed by atoms with Crippen molar-refractivity contribution in [3.63, 3.8) is 0 Å². The Morgan fingerprint density at radius 1 is 0.686 bits per heavy atom. The highest BCUT2D eigenvalue weighted by molar-refractivity contribution is 7.48. The number of carbonyl (C=O) groups is 1. The number of rotatable bonds is 21. The van der Waals surface area contributed by atoms with Crippen LogP contribution in [0.15, 0.2) is 91.0 Å². The molecule has 0 radical (unpaired) electrons. The molecular formula is C40H55O10P. The minimum atomic E-state index is -4.21.